The molecule has 4 nitrogen and oxygen atoms in total. The Balaban J connectivity index is 2.28. The number of nitrogens with one attached hydrogen (secondary N) is 1. The van der Waals surface area contributed by atoms with Crippen molar-refractivity contribution in [3.63, 3.8) is 0 Å². The number of rotatable bonds is 6. The average molecular weight is 284 g/mol. The van der Waals surface area contributed by atoms with Crippen LogP contribution >= 0.6 is 0 Å². The van der Waals surface area contributed by atoms with Gasteiger partial charge in [0.25, 0.3) is 0 Å². The molecule has 0 aliphatic rings. The van der Waals surface area contributed by atoms with Crippen LogP contribution in [0, 0.1) is 13.8 Å². The van der Waals surface area contributed by atoms with Crippen molar-refractivity contribution in [3.8, 4) is 0 Å². The van der Waals surface area contributed by atoms with E-state index < -0.39 is 0 Å². The van der Waals surface area contributed by atoms with Crippen molar-refractivity contribution in [1.29, 1.82) is 0 Å². The van der Waals surface area contributed by atoms with Crippen LogP contribution in [0.25, 0.3) is 0 Å². The molecule has 2 aromatic rings. The fraction of sp³-hybridized carbons (Fsp3) is 0.412. The standard InChI is InChI=1S/C17H24N4/c1-5-18-11-16-13(2)10-14(3)20-17(16)21(4)12-15-6-8-19-9-7-15/h6-10,18H,5,11-12H2,1-4H3. The predicted molar refractivity (Wildman–Crippen MR) is 87.4 cm³/mol. The molecule has 4 heteroatoms. The highest BCUT2D eigenvalue weighted by atomic mass is 15.2. The van der Waals surface area contributed by atoms with E-state index >= 15 is 0 Å². The van der Waals surface area contributed by atoms with Crippen molar-refractivity contribution < 1.29 is 0 Å². The highest BCUT2D eigenvalue weighted by Gasteiger charge is 2.13. The first-order valence-electron chi connectivity index (χ1n) is 7.39. The largest absolute Gasteiger partial charge is 0.355 e. The molecule has 0 atom stereocenters. The van der Waals surface area contributed by atoms with Gasteiger partial charge >= 0.3 is 0 Å². The van der Waals surface area contributed by atoms with Gasteiger partial charge in [0.05, 0.1) is 0 Å². The van der Waals surface area contributed by atoms with Crippen LogP contribution < -0.4 is 10.2 Å². The topological polar surface area (TPSA) is 41.1 Å². The van der Waals surface area contributed by atoms with Gasteiger partial charge in [-0.15, -0.1) is 0 Å². The van der Waals surface area contributed by atoms with Gasteiger partial charge in [0.2, 0.25) is 0 Å². The quantitative estimate of drug-likeness (QED) is 0.885. The second kappa shape index (κ2) is 7.18. The van der Waals surface area contributed by atoms with E-state index in [2.05, 4.69) is 42.2 Å². The third kappa shape index (κ3) is 4.02. The lowest BCUT2D eigenvalue weighted by Gasteiger charge is -2.23. The van der Waals surface area contributed by atoms with Crippen molar-refractivity contribution in [2.75, 3.05) is 18.5 Å². The smallest absolute Gasteiger partial charge is 0.133 e. The molecule has 2 aromatic heterocycles. The van der Waals surface area contributed by atoms with Crippen LogP contribution in [0.4, 0.5) is 5.82 Å². The van der Waals surface area contributed by atoms with Crippen LogP contribution in [-0.4, -0.2) is 23.6 Å². The Labute approximate surface area is 127 Å². The van der Waals surface area contributed by atoms with Crippen LogP contribution in [-0.2, 0) is 13.1 Å². The molecular weight excluding hydrogens is 260 g/mol. The van der Waals surface area contributed by atoms with Crippen molar-refractivity contribution in [3.05, 3.63) is 53.0 Å². The van der Waals surface area contributed by atoms with Gasteiger partial charge in [-0.25, -0.2) is 4.98 Å². The maximum Gasteiger partial charge on any atom is 0.133 e. The number of aryl methyl sites for hydroxylation is 2. The summed E-state index contributed by atoms with van der Waals surface area (Å²) in [5, 5.41) is 3.41. The van der Waals surface area contributed by atoms with E-state index in [-0.39, 0.29) is 0 Å². The van der Waals surface area contributed by atoms with Crippen molar-refractivity contribution in [1.82, 2.24) is 15.3 Å². The molecule has 0 aliphatic carbocycles. The molecule has 0 saturated heterocycles. The van der Waals surface area contributed by atoms with Crippen LogP contribution in [0.15, 0.2) is 30.6 Å². The Morgan fingerprint density at radius 2 is 1.90 bits per heavy atom. The average Bonchev–Trinajstić information content (AvgIpc) is 2.46. The number of nitrogens with zero attached hydrogens (tertiary/aromatic N) is 3. The Bertz CT molecular complexity index is 581. The van der Waals surface area contributed by atoms with E-state index in [0.717, 1.165) is 31.1 Å². The molecule has 0 aromatic carbocycles. The van der Waals surface area contributed by atoms with Gasteiger partial charge in [-0.05, 0) is 49.7 Å². The minimum Gasteiger partial charge on any atom is -0.355 e. The van der Waals surface area contributed by atoms with Gasteiger partial charge in [0.1, 0.15) is 5.82 Å². The third-order valence-corrected chi connectivity index (χ3v) is 3.54. The number of hydrogen-bond donors (Lipinski definition) is 1. The van der Waals surface area contributed by atoms with Gasteiger partial charge in [0.15, 0.2) is 0 Å². The summed E-state index contributed by atoms with van der Waals surface area (Å²) in [4.78, 5) is 11.0. The minimum absolute atomic E-state index is 0.831. The SMILES string of the molecule is CCNCc1c(C)cc(C)nc1N(C)Cc1ccncc1. The van der Waals surface area contributed by atoms with E-state index in [0.29, 0.717) is 0 Å². The molecule has 112 valence electrons. The summed E-state index contributed by atoms with van der Waals surface area (Å²) in [6.07, 6.45) is 3.66. The number of aromatic nitrogens is 2. The van der Waals surface area contributed by atoms with Gasteiger partial charge < -0.3 is 10.2 Å². The van der Waals surface area contributed by atoms with Gasteiger partial charge in [-0.1, -0.05) is 6.92 Å². The lowest BCUT2D eigenvalue weighted by atomic mass is 10.1. The zero-order valence-electron chi connectivity index (χ0n) is 13.3. The molecule has 0 bridgehead atoms. The van der Waals surface area contributed by atoms with Crippen LogP contribution in [0.3, 0.4) is 0 Å². The number of hydrogen-bond acceptors (Lipinski definition) is 4. The maximum absolute atomic E-state index is 4.75. The summed E-state index contributed by atoms with van der Waals surface area (Å²) in [6.45, 7) is 8.97. The molecule has 0 saturated carbocycles. The molecule has 0 aliphatic heterocycles. The zero-order chi connectivity index (χ0) is 15.2. The lowest BCUT2D eigenvalue weighted by molar-refractivity contribution is 0.714. The molecule has 0 spiro atoms. The molecule has 0 unspecified atom stereocenters. The fourth-order valence-electron chi connectivity index (χ4n) is 2.46. The normalized spacial score (nSPS) is 10.7. The Hall–Kier alpha value is -1.94. The Morgan fingerprint density at radius 3 is 2.57 bits per heavy atom. The van der Waals surface area contributed by atoms with Crippen LogP contribution in [0.5, 0.6) is 0 Å². The second-order valence-corrected chi connectivity index (χ2v) is 5.37. The molecule has 0 amide bonds. The Morgan fingerprint density at radius 1 is 1.19 bits per heavy atom. The summed E-state index contributed by atoms with van der Waals surface area (Å²) in [5.41, 5.74) is 4.87. The van der Waals surface area contributed by atoms with Gasteiger partial charge in [-0.2, -0.15) is 0 Å². The molecule has 21 heavy (non-hydrogen) atoms. The van der Waals surface area contributed by atoms with E-state index in [1.807, 2.05) is 31.5 Å². The summed E-state index contributed by atoms with van der Waals surface area (Å²) < 4.78 is 0. The third-order valence-electron chi connectivity index (χ3n) is 3.54. The minimum atomic E-state index is 0.831. The first-order chi connectivity index (χ1) is 10.1. The second-order valence-electron chi connectivity index (χ2n) is 5.37. The molecule has 1 N–H and O–H groups in total. The van der Waals surface area contributed by atoms with Crippen molar-refractivity contribution >= 4 is 5.82 Å². The lowest BCUT2D eigenvalue weighted by Crippen LogP contribution is -2.23. The van der Waals surface area contributed by atoms with E-state index in [9.17, 15) is 0 Å². The maximum atomic E-state index is 4.75. The summed E-state index contributed by atoms with van der Waals surface area (Å²) >= 11 is 0. The highest BCUT2D eigenvalue weighted by Crippen LogP contribution is 2.23. The fourth-order valence-corrected chi connectivity index (χ4v) is 2.46. The molecule has 0 radical (unpaired) electrons. The van der Waals surface area contributed by atoms with Gasteiger partial charge in [0, 0.05) is 43.8 Å². The van der Waals surface area contributed by atoms with E-state index in [1.165, 1.54) is 16.7 Å². The van der Waals surface area contributed by atoms with Crippen LogP contribution in [0.2, 0.25) is 0 Å². The summed E-state index contributed by atoms with van der Waals surface area (Å²) in [5.74, 6) is 1.06. The summed E-state index contributed by atoms with van der Waals surface area (Å²) in [6, 6.07) is 6.24. The molecule has 2 heterocycles. The zero-order valence-corrected chi connectivity index (χ0v) is 13.3. The predicted octanol–water partition coefficient (Wildman–Crippen LogP) is 2.84. The van der Waals surface area contributed by atoms with E-state index in [1.54, 1.807) is 0 Å². The van der Waals surface area contributed by atoms with Crippen molar-refractivity contribution in [2.24, 2.45) is 0 Å². The Kier molecular flexibility index (Phi) is 5.28. The molecule has 2 rings (SSSR count). The summed E-state index contributed by atoms with van der Waals surface area (Å²) in [7, 11) is 2.09. The van der Waals surface area contributed by atoms with Gasteiger partial charge in [-0.3, -0.25) is 4.98 Å². The molecular formula is C17H24N4. The number of anilines is 1. The highest BCUT2D eigenvalue weighted by molar-refractivity contribution is 5.51. The molecule has 0 fully saturated rings. The van der Waals surface area contributed by atoms with E-state index in [4.69, 9.17) is 4.98 Å². The van der Waals surface area contributed by atoms with Crippen molar-refractivity contribution in [2.45, 2.75) is 33.9 Å². The first kappa shape index (κ1) is 15.4. The monoisotopic (exact) mass is 284 g/mol. The number of pyridine rings is 2. The first-order valence-corrected chi connectivity index (χ1v) is 7.39. The van der Waals surface area contributed by atoms with Crippen LogP contribution in [0.1, 0.15) is 29.3 Å².